The molecule has 0 fully saturated rings. The maximum Gasteiger partial charge on any atom is 0.0526 e. The summed E-state index contributed by atoms with van der Waals surface area (Å²) in [7, 11) is 0. The maximum absolute atomic E-state index is 2.40. The lowest BCUT2D eigenvalue weighted by Gasteiger charge is -2.35. The van der Waals surface area contributed by atoms with E-state index in [2.05, 4.69) is 97.6 Å². The van der Waals surface area contributed by atoms with Gasteiger partial charge in [0.25, 0.3) is 0 Å². The standard InChI is InChI=1S/C23H21N/c1-17-12-14-19(15-13-17)23-18(2)16-20-8-6-7-11-22(20)24(23)21-9-4-3-5-10-21/h3-15H,16H2,1-2H3. The number of hydrogen-bond acceptors (Lipinski definition) is 1. The van der Waals surface area contributed by atoms with Crippen LogP contribution in [0.1, 0.15) is 23.6 Å². The monoisotopic (exact) mass is 311 g/mol. The molecule has 0 saturated carbocycles. The van der Waals surface area contributed by atoms with Crippen molar-refractivity contribution in [3.63, 3.8) is 0 Å². The van der Waals surface area contributed by atoms with Crippen molar-refractivity contribution in [3.8, 4) is 0 Å². The van der Waals surface area contributed by atoms with Gasteiger partial charge in [0.1, 0.15) is 0 Å². The van der Waals surface area contributed by atoms with Gasteiger partial charge in [0.05, 0.1) is 5.70 Å². The Balaban J connectivity index is 1.94. The molecular formula is C23H21N. The SMILES string of the molecule is CC1=C(c2ccc(C)cc2)N(c2ccccc2)c2ccccc2C1. The van der Waals surface area contributed by atoms with Crippen molar-refractivity contribution in [2.24, 2.45) is 0 Å². The Morgan fingerprint density at radius 1 is 0.708 bits per heavy atom. The van der Waals surface area contributed by atoms with Gasteiger partial charge in [-0.3, -0.25) is 0 Å². The zero-order valence-corrected chi connectivity index (χ0v) is 14.2. The molecule has 3 aromatic rings. The molecule has 3 aromatic carbocycles. The first-order valence-corrected chi connectivity index (χ1v) is 8.44. The second-order valence-electron chi connectivity index (χ2n) is 6.47. The van der Waals surface area contributed by atoms with E-state index in [9.17, 15) is 0 Å². The van der Waals surface area contributed by atoms with Gasteiger partial charge in [0.15, 0.2) is 0 Å². The number of anilines is 2. The number of rotatable bonds is 2. The average Bonchev–Trinajstić information content (AvgIpc) is 2.62. The molecule has 4 rings (SSSR count). The lowest BCUT2D eigenvalue weighted by molar-refractivity contribution is 1.06. The molecule has 0 amide bonds. The second kappa shape index (κ2) is 6.01. The molecule has 1 heteroatoms. The Bertz CT molecular complexity index is 889. The Hall–Kier alpha value is -2.80. The van der Waals surface area contributed by atoms with Gasteiger partial charge in [-0.05, 0) is 55.2 Å². The highest BCUT2D eigenvalue weighted by Gasteiger charge is 2.25. The second-order valence-corrected chi connectivity index (χ2v) is 6.47. The first-order valence-electron chi connectivity index (χ1n) is 8.44. The van der Waals surface area contributed by atoms with Crippen LogP contribution < -0.4 is 4.90 Å². The summed E-state index contributed by atoms with van der Waals surface area (Å²) >= 11 is 0. The number of hydrogen-bond donors (Lipinski definition) is 0. The molecule has 0 atom stereocenters. The highest BCUT2D eigenvalue weighted by atomic mass is 15.2. The van der Waals surface area contributed by atoms with Crippen LogP contribution in [0.15, 0.2) is 84.4 Å². The number of nitrogens with zero attached hydrogens (tertiary/aromatic N) is 1. The van der Waals surface area contributed by atoms with E-state index in [0.717, 1.165) is 6.42 Å². The summed E-state index contributed by atoms with van der Waals surface area (Å²) < 4.78 is 0. The Morgan fingerprint density at radius 2 is 1.38 bits per heavy atom. The van der Waals surface area contributed by atoms with E-state index in [1.54, 1.807) is 0 Å². The van der Waals surface area contributed by atoms with Crippen LogP contribution in [0.25, 0.3) is 5.70 Å². The van der Waals surface area contributed by atoms with Crippen molar-refractivity contribution < 1.29 is 0 Å². The topological polar surface area (TPSA) is 3.24 Å². The third-order valence-corrected chi connectivity index (χ3v) is 4.66. The Morgan fingerprint density at radius 3 is 2.12 bits per heavy atom. The predicted molar refractivity (Wildman–Crippen MR) is 103 cm³/mol. The van der Waals surface area contributed by atoms with E-state index in [-0.39, 0.29) is 0 Å². The smallest absolute Gasteiger partial charge is 0.0526 e. The molecular weight excluding hydrogens is 290 g/mol. The Labute approximate surface area is 143 Å². The fourth-order valence-electron chi connectivity index (χ4n) is 3.49. The fraction of sp³-hybridized carbons (Fsp3) is 0.130. The van der Waals surface area contributed by atoms with Gasteiger partial charge in [-0.15, -0.1) is 0 Å². The third-order valence-electron chi connectivity index (χ3n) is 4.66. The molecule has 0 bridgehead atoms. The van der Waals surface area contributed by atoms with E-state index >= 15 is 0 Å². The lowest BCUT2D eigenvalue weighted by atomic mass is 9.92. The van der Waals surface area contributed by atoms with E-state index in [1.165, 1.54) is 39.3 Å². The van der Waals surface area contributed by atoms with E-state index in [4.69, 9.17) is 0 Å². The Kier molecular flexibility index (Phi) is 3.70. The first kappa shape index (κ1) is 14.8. The van der Waals surface area contributed by atoms with E-state index in [1.807, 2.05) is 0 Å². The van der Waals surface area contributed by atoms with E-state index < -0.39 is 0 Å². The van der Waals surface area contributed by atoms with Crippen LogP contribution in [0.4, 0.5) is 11.4 Å². The number of fused-ring (bicyclic) bond motifs is 1. The van der Waals surface area contributed by atoms with Gasteiger partial charge in [-0.2, -0.15) is 0 Å². The number of aryl methyl sites for hydroxylation is 1. The van der Waals surface area contributed by atoms with Gasteiger partial charge in [0.2, 0.25) is 0 Å². The summed E-state index contributed by atoms with van der Waals surface area (Å²) in [5, 5.41) is 0. The highest BCUT2D eigenvalue weighted by molar-refractivity contribution is 5.92. The molecule has 0 aliphatic carbocycles. The van der Waals surface area contributed by atoms with Gasteiger partial charge >= 0.3 is 0 Å². The van der Waals surface area contributed by atoms with Gasteiger partial charge in [-0.25, -0.2) is 0 Å². The molecule has 24 heavy (non-hydrogen) atoms. The quantitative estimate of drug-likeness (QED) is 0.551. The lowest BCUT2D eigenvalue weighted by Crippen LogP contribution is -2.22. The molecule has 1 aliphatic rings. The largest absolute Gasteiger partial charge is 0.310 e. The first-order chi connectivity index (χ1) is 11.7. The van der Waals surface area contributed by atoms with Gasteiger partial charge in [-0.1, -0.05) is 66.2 Å². The van der Waals surface area contributed by atoms with Crippen molar-refractivity contribution in [1.29, 1.82) is 0 Å². The molecule has 0 aromatic heterocycles. The summed E-state index contributed by atoms with van der Waals surface area (Å²) in [4.78, 5) is 2.40. The molecule has 1 nitrogen and oxygen atoms in total. The van der Waals surface area contributed by atoms with Gasteiger partial charge < -0.3 is 4.90 Å². The fourth-order valence-corrected chi connectivity index (χ4v) is 3.49. The summed E-state index contributed by atoms with van der Waals surface area (Å²) in [5.41, 5.74) is 9.15. The van der Waals surface area contributed by atoms with Crippen LogP contribution in [0.3, 0.4) is 0 Å². The maximum atomic E-state index is 2.40. The minimum Gasteiger partial charge on any atom is -0.310 e. The highest BCUT2D eigenvalue weighted by Crippen LogP contribution is 2.42. The molecule has 0 spiro atoms. The van der Waals surface area contributed by atoms with Crippen LogP contribution in [0.2, 0.25) is 0 Å². The third kappa shape index (κ3) is 2.52. The van der Waals surface area contributed by atoms with Crippen molar-refractivity contribution in [1.82, 2.24) is 0 Å². The van der Waals surface area contributed by atoms with Crippen LogP contribution in [0.5, 0.6) is 0 Å². The number of benzene rings is 3. The zero-order valence-electron chi connectivity index (χ0n) is 14.2. The van der Waals surface area contributed by atoms with Crippen molar-refractivity contribution in [2.75, 3.05) is 4.90 Å². The molecule has 0 unspecified atom stereocenters. The number of para-hydroxylation sites is 2. The van der Waals surface area contributed by atoms with Crippen LogP contribution >= 0.6 is 0 Å². The average molecular weight is 311 g/mol. The molecule has 1 heterocycles. The summed E-state index contributed by atoms with van der Waals surface area (Å²) in [6.07, 6.45) is 1.00. The van der Waals surface area contributed by atoms with E-state index in [0.29, 0.717) is 0 Å². The van der Waals surface area contributed by atoms with Crippen molar-refractivity contribution in [3.05, 3.63) is 101 Å². The van der Waals surface area contributed by atoms with Crippen molar-refractivity contribution in [2.45, 2.75) is 20.3 Å². The summed E-state index contributed by atoms with van der Waals surface area (Å²) in [6.45, 7) is 4.39. The molecule has 0 radical (unpaired) electrons. The number of allylic oxidation sites excluding steroid dienone is 1. The molecule has 1 aliphatic heterocycles. The summed E-state index contributed by atoms with van der Waals surface area (Å²) in [5.74, 6) is 0. The van der Waals surface area contributed by atoms with Crippen LogP contribution in [0, 0.1) is 6.92 Å². The molecule has 0 saturated heterocycles. The molecule has 0 N–H and O–H groups in total. The van der Waals surface area contributed by atoms with Crippen molar-refractivity contribution >= 4 is 17.1 Å². The normalized spacial score (nSPS) is 13.8. The molecule has 118 valence electrons. The minimum absolute atomic E-state index is 1.00. The zero-order chi connectivity index (χ0) is 16.5. The van der Waals surface area contributed by atoms with Crippen LogP contribution in [-0.2, 0) is 6.42 Å². The predicted octanol–water partition coefficient (Wildman–Crippen LogP) is 6.12. The summed E-state index contributed by atoms with van der Waals surface area (Å²) in [6, 6.07) is 28.2. The minimum atomic E-state index is 1.00. The van der Waals surface area contributed by atoms with Crippen LogP contribution in [-0.4, -0.2) is 0 Å². The van der Waals surface area contributed by atoms with Gasteiger partial charge in [0, 0.05) is 11.4 Å².